The van der Waals surface area contributed by atoms with Crippen molar-refractivity contribution in [2.24, 2.45) is 11.8 Å². The normalized spacial score (nSPS) is 14.4. The molecule has 0 fully saturated rings. The smallest absolute Gasteiger partial charge is 0.123 e. The molecule has 0 aliphatic rings. The summed E-state index contributed by atoms with van der Waals surface area (Å²) in [6.07, 6.45) is 7.53. The van der Waals surface area contributed by atoms with Gasteiger partial charge in [-0.2, -0.15) is 0 Å². The van der Waals surface area contributed by atoms with Crippen molar-refractivity contribution in [3.05, 3.63) is 35.6 Å². The Balaban J connectivity index is 2.56. The number of benzene rings is 1. The summed E-state index contributed by atoms with van der Waals surface area (Å²) in [5.41, 5.74) is 1.28. The first-order valence-electron chi connectivity index (χ1n) is 7.40. The summed E-state index contributed by atoms with van der Waals surface area (Å²) in [4.78, 5) is 0. The Labute approximate surface area is 112 Å². The van der Waals surface area contributed by atoms with Crippen LogP contribution in [0.25, 0.3) is 0 Å². The van der Waals surface area contributed by atoms with Crippen molar-refractivity contribution in [3.8, 4) is 0 Å². The topological polar surface area (TPSA) is 0 Å². The van der Waals surface area contributed by atoms with Gasteiger partial charge in [0, 0.05) is 0 Å². The maximum Gasteiger partial charge on any atom is 0.123 e. The van der Waals surface area contributed by atoms with Gasteiger partial charge in [0.1, 0.15) is 5.82 Å². The molecule has 1 heteroatoms. The summed E-state index contributed by atoms with van der Waals surface area (Å²) in [7, 11) is 0. The Hall–Kier alpha value is -0.850. The van der Waals surface area contributed by atoms with Gasteiger partial charge in [-0.1, -0.05) is 58.6 Å². The maximum atomic E-state index is 12.9. The zero-order valence-corrected chi connectivity index (χ0v) is 12.1. The zero-order valence-electron chi connectivity index (χ0n) is 12.1. The standard InChI is InChI=1S/C17H27F/c1-4-6-7-16(12-14(3)5-2)13-15-8-10-17(18)11-9-15/h8-11,14,16H,4-7,12-13H2,1-3H3. The lowest BCUT2D eigenvalue weighted by Gasteiger charge is -2.20. The minimum Gasteiger partial charge on any atom is -0.207 e. The highest BCUT2D eigenvalue weighted by Crippen LogP contribution is 2.24. The van der Waals surface area contributed by atoms with E-state index in [0.717, 1.165) is 18.3 Å². The number of hydrogen-bond acceptors (Lipinski definition) is 0. The first kappa shape index (κ1) is 15.2. The molecule has 0 N–H and O–H groups in total. The lowest BCUT2D eigenvalue weighted by Crippen LogP contribution is -2.09. The molecule has 0 amide bonds. The van der Waals surface area contributed by atoms with Crippen molar-refractivity contribution in [2.45, 2.75) is 59.3 Å². The SMILES string of the molecule is CCCCC(Cc1ccc(F)cc1)CC(C)CC. The second-order valence-electron chi connectivity index (χ2n) is 5.59. The van der Waals surface area contributed by atoms with Crippen LogP contribution in [0.3, 0.4) is 0 Å². The summed E-state index contributed by atoms with van der Waals surface area (Å²) in [6.45, 7) is 6.85. The van der Waals surface area contributed by atoms with Gasteiger partial charge in [-0.05, 0) is 42.4 Å². The molecule has 2 atom stereocenters. The molecule has 0 aliphatic heterocycles. The molecule has 0 spiro atoms. The minimum absolute atomic E-state index is 0.134. The zero-order chi connectivity index (χ0) is 13.4. The van der Waals surface area contributed by atoms with Crippen LogP contribution in [0.5, 0.6) is 0 Å². The molecule has 0 saturated carbocycles. The highest BCUT2D eigenvalue weighted by Gasteiger charge is 2.13. The Morgan fingerprint density at radius 2 is 1.78 bits per heavy atom. The Bertz CT molecular complexity index is 315. The molecule has 0 aromatic heterocycles. The third kappa shape index (κ3) is 5.66. The molecule has 102 valence electrons. The van der Waals surface area contributed by atoms with Crippen LogP contribution in [0, 0.1) is 17.7 Å². The van der Waals surface area contributed by atoms with E-state index in [-0.39, 0.29) is 5.82 Å². The predicted octanol–water partition coefficient (Wildman–Crippen LogP) is 5.61. The molecule has 0 nitrogen and oxygen atoms in total. The largest absolute Gasteiger partial charge is 0.207 e. The number of unbranched alkanes of at least 4 members (excludes halogenated alkanes) is 1. The van der Waals surface area contributed by atoms with Gasteiger partial charge in [-0.3, -0.25) is 0 Å². The quantitative estimate of drug-likeness (QED) is 0.562. The average Bonchev–Trinajstić information content (AvgIpc) is 2.38. The van der Waals surface area contributed by atoms with E-state index < -0.39 is 0 Å². The van der Waals surface area contributed by atoms with Gasteiger partial charge < -0.3 is 0 Å². The van der Waals surface area contributed by atoms with Crippen molar-refractivity contribution in [1.82, 2.24) is 0 Å². The van der Waals surface area contributed by atoms with Crippen LogP contribution in [0.4, 0.5) is 4.39 Å². The van der Waals surface area contributed by atoms with Crippen LogP contribution >= 0.6 is 0 Å². The molecule has 18 heavy (non-hydrogen) atoms. The third-order valence-electron chi connectivity index (χ3n) is 3.84. The van der Waals surface area contributed by atoms with Gasteiger partial charge in [-0.15, -0.1) is 0 Å². The van der Waals surface area contributed by atoms with Crippen LogP contribution in [0.1, 0.15) is 58.4 Å². The van der Waals surface area contributed by atoms with Crippen molar-refractivity contribution in [3.63, 3.8) is 0 Å². The summed E-state index contributed by atoms with van der Waals surface area (Å²) in [6, 6.07) is 7.03. The fourth-order valence-electron chi connectivity index (χ4n) is 2.49. The average molecular weight is 250 g/mol. The van der Waals surface area contributed by atoms with Gasteiger partial charge in [-0.25, -0.2) is 4.39 Å². The highest BCUT2D eigenvalue weighted by atomic mass is 19.1. The van der Waals surface area contributed by atoms with Gasteiger partial charge in [0.05, 0.1) is 0 Å². The lowest BCUT2D eigenvalue weighted by molar-refractivity contribution is 0.353. The van der Waals surface area contributed by atoms with E-state index in [0.29, 0.717) is 0 Å². The molecule has 0 aliphatic carbocycles. The first-order valence-corrected chi connectivity index (χ1v) is 7.40. The maximum absolute atomic E-state index is 12.9. The first-order chi connectivity index (χ1) is 8.65. The van der Waals surface area contributed by atoms with Crippen molar-refractivity contribution in [1.29, 1.82) is 0 Å². The molecule has 2 unspecified atom stereocenters. The Kier molecular flexibility index (Phi) is 7.00. The fourth-order valence-corrected chi connectivity index (χ4v) is 2.49. The van der Waals surface area contributed by atoms with Crippen LogP contribution in [0.15, 0.2) is 24.3 Å². The molecular weight excluding hydrogens is 223 g/mol. The number of rotatable bonds is 8. The van der Waals surface area contributed by atoms with E-state index in [1.165, 1.54) is 37.7 Å². The molecule has 1 aromatic rings. The summed E-state index contributed by atoms with van der Waals surface area (Å²) in [5.74, 6) is 1.42. The van der Waals surface area contributed by atoms with E-state index in [1.807, 2.05) is 12.1 Å². The lowest BCUT2D eigenvalue weighted by atomic mass is 9.86. The van der Waals surface area contributed by atoms with E-state index in [9.17, 15) is 4.39 Å². The van der Waals surface area contributed by atoms with Gasteiger partial charge in [0.25, 0.3) is 0 Å². The summed E-state index contributed by atoms with van der Waals surface area (Å²) >= 11 is 0. The van der Waals surface area contributed by atoms with Crippen LogP contribution in [0.2, 0.25) is 0 Å². The summed E-state index contributed by atoms with van der Waals surface area (Å²) in [5, 5.41) is 0. The van der Waals surface area contributed by atoms with Crippen LogP contribution < -0.4 is 0 Å². The Morgan fingerprint density at radius 3 is 2.33 bits per heavy atom. The third-order valence-corrected chi connectivity index (χ3v) is 3.84. The molecular formula is C17H27F. The van der Waals surface area contributed by atoms with E-state index in [2.05, 4.69) is 20.8 Å². The van der Waals surface area contributed by atoms with Crippen molar-refractivity contribution < 1.29 is 4.39 Å². The van der Waals surface area contributed by atoms with Gasteiger partial charge in [0.2, 0.25) is 0 Å². The molecule has 1 rings (SSSR count). The number of halogens is 1. The minimum atomic E-state index is -0.134. The predicted molar refractivity (Wildman–Crippen MR) is 77.2 cm³/mol. The molecule has 1 aromatic carbocycles. The van der Waals surface area contributed by atoms with E-state index in [4.69, 9.17) is 0 Å². The molecule has 0 saturated heterocycles. The Morgan fingerprint density at radius 1 is 1.11 bits per heavy atom. The monoisotopic (exact) mass is 250 g/mol. The molecule has 0 radical (unpaired) electrons. The second-order valence-corrected chi connectivity index (χ2v) is 5.59. The van der Waals surface area contributed by atoms with E-state index in [1.54, 1.807) is 12.1 Å². The highest BCUT2D eigenvalue weighted by molar-refractivity contribution is 5.16. The van der Waals surface area contributed by atoms with Crippen molar-refractivity contribution >= 4 is 0 Å². The molecule has 0 heterocycles. The summed E-state index contributed by atoms with van der Waals surface area (Å²) < 4.78 is 12.9. The van der Waals surface area contributed by atoms with Gasteiger partial charge >= 0.3 is 0 Å². The van der Waals surface area contributed by atoms with Crippen LogP contribution in [-0.2, 0) is 6.42 Å². The second kappa shape index (κ2) is 8.29. The number of hydrogen-bond donors (Lipinski definition) is 0. The van der Waals surface area contributed by atoms with E-state index >= 15 is 0 Å². The van der Waals surface area contributed by atoms with Crippen LogP contribution in [-0.4, -0.2) is 0 Å². The fraction of sp³-hybridized carbons (Fsp3) is 0.647. The molecule has 0 bridgehead atoms. The van der Waals surface area contributed by atoms with Gasteiger partial charge in [0.15, 0.2) is 0 Å². The van der Waals surface area contributed by atoms with Crippen molar-refractivity contribution in [2.75, 3.05) is 0 Å².